The zero-order valence-electron chi connectivity index (χ0n) is 10.7. The first kappa shape index (κ1) is 12.8. The van der Waals surface area contributed by atoms with Gasteiger partial charge in [0.15, 0.2) is 11.5 Å². The van der Waals surface area contributed by atoms with Gasteiger partial charge >= 0.3 is 0 Å². The van der Waals surface area contributed by atoms with E-state index in [0.29, 0.717) is 24.7 Å². The molecular weight excluding hydrogens is 261 g/mol. The van der Waals surface area contributed by atoms with Gasteiger partial charge in [-0.25, -0.2) is 9.82 Å². The van der Waals surface area contributed by atoms with E-state index in [1.165, 1.54) is 18.3 Å². The molecule has 0 aliphatic carbocycles. The second kappa shape index (κ2) is 5.44. The number of hydrazine groups is 1. The third-order valence-corrected chi connectivity index (χ3v) is 3.13. The van der Waals surface area contributed by atoms with Crippen LogP contribution in [-0.2, 0) is 0 Å². The van der Waals surface area contributed by atoms with Gasteiger partial charge in [0.05, 0.1) is 11.7 Å². The Morgan fingerprint density at radius 2 is 2.00 bits per heavy atom. The second-order valence-corrected chi connectivity index (χ2v) is 4.37. The first-order valence-corrected chi connectivity index (χ1v) is 6.25. The van der Waals surface area contributed by atoms with E-state index in [0.717, 1.165) is 5.56 Å². The lowest BCUT2D eigenvalue weighted by atomic mass is 10.0. The van der Waals surface area contributed by atoms with Crippen molar-refractivity contribution in [3.05, 3.63) is 53.6 Å². The summed E-state index contributed by atoms with van der Waals surface area (Å²) in [7, 11) is 0. The lowest BCUT2D eigenvalue weighted by Crippen LogP contribution is -2.30. The third-order valence-electron chi connectivity index (χ3n) is 3.13. The molecule has 104 valence electrons. The molecule has 2 aromatic rings. The zero-order chi connectivity index (χ0) is 13.9. The highest BCUT2D eigenvalue weighted by molar-refractivity contribution is 5.46. The molecule has 0 radical (unpaired) electrons. The van der Waals surface area contributed by atoms with Gasteiger partial charge in [0.2, 0.25) is 0 Å². The van der Waals surface area contributed by atoms with E-state index in [2.05, 4.69) is 10.4 Å². The maximum absolute atomic E-state index is 13.8. The Labute approximate surface area is 115 Å². The van der Waals surface area contributed by atoms with Crippen LogP contribution in [0.5, 0.6) is 11.5 Å². The molecule has 0 bridgehead atoms. The number of hydrogen-bond acceptors (Lipinski definition) is 5. The number of benzene rings is 1. The van der Waals surface area contributed by atoms with Gasteiger partial charge in [-0.15, -0.1) is 0 Å². The van der Waals surface area contributed by atoms with Crippen LogP contribution in [0.1, 0.15) is 17.3 Å². The summed E-state index contributed by atoms with van der Waals surface area (Å²) < 4.78 is 24.8. The molecule has 0 spiro atoms. The number of hydrogen-bond donors (Lipinski definition) is 2. The molecule has 1 atom stereocenters. The zero-order valence-corrected chi connectivity index (χ0v) is 10.7. The minimum atomic E-state index is -0.549. The average molecular weight is 275 g/mol. The maximum atomic E-state index is 13.8. The van der Waals surface area contributed by atoms with Gasteiger partial charge < -0.3 is 9.47 Å². The fourth-order valence-corrected chi connectivity index (χ4v) is 2.18. The summed E-state index contributed by atoms with van der Waals surface area (Å²) >= 11 is 0. The van der Waals surface area contributed by atoms with E-state index in [-0.39, 0.29) is 5.69 Å². The predicted molar refractivity (Wildman–Crippen MR) is 70.8 cm³/mol. The van der Waals surface area contributed by atoms with Crippen molar-refractivity contribution in [1.29, 1.82) is 0 Å². The summed E-state index contributed by atoms with van der Waals surface area (Å²) in [6.45, 7) is 1.02. The first-order valence-electron chi connectivity index (χ1n) is 6.25. The number of aromatic nitrogens is 1. The Hall–Kier alpha value is -2.18. The number of halogens is 1. The van der Waals surface area contributed by atoms with Crippen molar-refractivity contribution in [2.75, 3.05) is 13.2 Å². The Morgan fingerprint density at radius 1 is 1.20 bits per heavy atom. The number of nitrogens with zero attached hydrogens (tertiary/aromatic N) is 1. The van der Waals surface area contributed by atoms with Crippen molar-refractivity contribution in [3.63, 3.8) is 0 Å². The number of fused-ring (bicyclic) bond motifs is 1. The largest absolute Gasteiger partial charge is 0.486 e. The Bertz CT molecular complexity index is 621. The van der Waals surface area contributed by atoms with E-state index in [4.69, 9.17) is 15.3 Å². The van der Waals surface area contributed by atoms with E-state index in [1.807, 2.05) is 6.07 Å². The highest BCUT2D eigenvalue weighted by Gasteiger charge is 2.20. The topological polar surface area (TPSA) is 69.4 Å². The molecule has 0 amide bonds. The summed E-state index contributed by atoms with van der Waals surface area (Å²) in [4.78, 5) is 4.05. The smallest absolute Gasteiger partial charge is 0.161 e. The molecule has 20 heavy (non-hydrogen) atoms. The molecule has 0 saturated heterocycles. The second-order valence-electron chi connectivity index (χ2n) is 4.37. The first-order chi connectivity index (χ1) is 9.79. The fraction of sp³-hybridized carbons (Fsp3) is 0.214. The lowest BCUT2D eigenvalue weighted by molar-refractivity contribution is 0.171. The predicted octanol–water partition coefficient (Wildman–Crippen LogP) is 1.54. The minimum absolute atomic E-state index is 0.242. The lowest BCUT2D eigenvalue weighted by Gasteiger charge is -2.21. The van der Waals surface area contributed by atoms with Crippen molar-refractivity contribution in [1.82, 2.24) is 10.4 Å². The van der Waals surface area contributed by atoms with Gasteiger partial charge in [-0.05, 0) is 29.8 Å². The van der Waals surface area contributed by atoms with Gasteiger partial charge in [0.25, 0.3) is 0 Å². The van der Waals surface area contributed by atoms with Crippen LogP contribution in [0, 0.1) is 5.82 Å². The summed E-state index contributed by atoms with van der Waals surface area (Å²) in [6.07, 6.45) is 1.53. The van der Waals surface area contributed by atoms with Crippen molar-refractivity contribution in [2.45, 2.75) is 6.04 Å². The van der Waals surface area contributed by atoms with E-state index in [1.54, 1.807) is 12.1 Å². The standard InChI is InChI=1S/C14H14FN3O2/c15-10-2-1-5-17-14(10)13(18-16)9-3-4-11-12(8-9)20-7-6-19-11/h1-5,8,13,18H,6-7,16H2. The van der Waals surface area contributed by atoms with Crippen LogP contribution in [0.4, 0.5) is 4.39 Å². The highest BCUT2D eigenvalue weighted by atomic mass is 19.1. The summed E-state index contributed by atoms with van der Waals surface area (Å²) in [5, 5.41) is 0. The Kier molecular flexibility index (Phi) is 3.49. The van der Waals surface area contributed by atoms with Crippen LogP contribution < -0.4 is 20.7 Å². The van der Waals surface area contributed by atoms with Crippen LogP contribution in [0.3, 0.4) is 0 Å². The number of rotatable bonds is 3. The number of pyridine rings is 1. The monoisotopic (exact) mass is 275 g/mol. The van der Waals surface area contributed by atoms with E-state index < -0.39 is 11.9 Å². The van der Waals surface area contributed by atoms with Crippen molar-refractivity contribution in [2.24, 2.45) is 5.84 Å². The summed E-state index contributed by atoms with van der Waals surface area (Å²) in [6, 6.07) is 7.72. The van der Waals surface area contributed by atoms with Gasteiger partial charge in [-0.2, -0.15) is 0 Å². The highest BCUT2D eigenvalue weighted by Crippen LogP contribution is 2.34. The fourth-order valence-electron chi connectivity index (χ4n) is 2.18. The Morgan fingerprint density at radius 3 is 2.75 bits per heavy atom. The molecule has 3 rings (SSSR count). The molecular formula is C14H14FN3O2. The van der Waals surface area contributed by atoms with Gasteiger partial charge in [-0.3, -0.25) is 10.8 Å². The van der Waals surface area contributed by atoms with E-state index in [9.17, 15) is 4.39 Å². The van der Waals surface area contributed by atoms with E-state index >= 15 is 0 Å². The molecule has 1 aliphatic heterocycles. The van der Waals surface area contributed by atoms with Gasteiger partial charge in [-0.1, -0.05) is 6.07 Å². The van der Waals surface area contributed by atoms with Crippen molar-refractivity contribution < 1.29 is 13.9 Å². The number of nitrogens with two attached hydrogens (primary N) is 1. The van der Waals surface area contributed by atoms with Crippen molar-refractivity contribution in [3.8, 4) is 11.5 Å². The molecule has 1 aliphatic rings. The van der Waals surface area contributed by atoms with Crippen LogP contribution >= 0.6 is 0 Å². The number of ether oxygens (including phenoxy) is 2. The number of nitrogens with one attached hydrogen (secondary N) is 1. The molecule has 5 nitrogen and oxygen atoms in total. The molecule has 2 heterocycles. The van der Waals surface area contributed by atoms with Gasteiger partial charge in [0, 0.05) is 6.20 Å². The van der Waals surface area contributed by atoms with Crippen LogP contribution in [0.15, 0.2) is 36.5 Å². The summed E-state index contributed by atoms with van der Waals surface area (Å²) in [5.74, 6) is 6.45. The van der Waals surface area contributed by atoms with Crippen molar-refractivity contribution >= 4 is 0 Å². The average Bonchev–Trinajstić information content (AvgIpc) is 2.50. The van der Waals surface area contributed by atoms with Gasteiger partial charge in [0.1, 0.15) is 19.0 Å². The molecule has 1 aromatic carbocycles. The Balaban J connectivity index is 1.99. The third kappa shape index (κ3) is 2.31. The molecule has 0 fully saturated rings. The minimum Gasteiger partial charge on any atom is -0.486 e. The molecule has 3 N–H and O–H groups in total. The summed E-state index contributed by atoms with van der Waals surface area (Å²) in [5.41, 5.74) is 3.58. The molecule has 6 heteroatoms. The SMILES string of the molecule is NNC(c1ccc2c(c1)OCCO2)c1ncccc1F. The normalized spacial score (nSPS) is 14.9. The molecule has 1 aromatic heterocycles. The molecule has 1 unspecified atom stereocenters. The molecule has 0 saturated carbocycles. The maximum Gasteiger partial charge on any atom is 0.161 e. The van der Waals surface area contributed by atoms with Crippen LogP contribution in [-0.4, -0.2) is 18.2 Å². The quantitative estimate of drug-likeness (QED) is 0.657. The van der Waals surface area contributed by atoms with Crippen LogP contribution in [0.25, 0.3) is 0 Å². The van der Waals surface area contributed by atoms with Crippen LogP contribution in [0.2, 0.25) is 0 Å².